The Bertz CT molecular complexity index is 3430. The molecule has 0 bridgehead atoms. The van der Waals surface area contributed by atoms with Gasteiger partial charge in [0.15, 0.2) is 0 Å². The minimum absolute atomic E-state index is 1.14. The average molecular weight is 749 g/mol. The van der Waals surface area contributed by atoms with Crippen molar-refractivity contribution in [3.63, 3.8) is 0 Å². The van der Waals surface area contributed by atoms with E-state index in [-0.39, 0.29) is 0 Å². The van der Waals surface area contributed by atoms with Crippen molar-refractivity contribution in [1.29, 1.82) is 0 Å². The molecular weight excluding hydrogens is 717 g/mol. The maximum absolute atomic E-state index is 2.49. The number of thiophene rings is 2. The topological polar surface area (TPSA) is 6.48 Å². The van der Waals surface area contributed by atoms with Crippen LogP contribution in [0.4, 0.5) is 34.1 Å². The second-order valence-electron chi connectivity index (χ2n) is 14.4. The van der Waals surface area contributed by atoms with Crippen LogP contribution in [-0.4, -0.2) is 0 Å². The van der Waals surface area contributed by atoms with Crippen molar-refractivity contribution in [3.05, 3.63) is 194 Å². The van der Waals surface area contributed by atoms with Crippen LogP contribution in [0.2, 0.25) is 0 Å². The van der Waals surface area contributed by atoms with E-state index in [2.05, 4.69) is 204 Å². The standard InChI is InChI=1S/C52H32N2S2/c1-3-15-35(16-4-1)53(44-24-12-21-39-37-19-7-9-26-47(37)55-51(39)44)43-31-29-34-32-46(41-23-11-14-33-28-30-42(43)50(34)49(33)41)54(36-17-5-2-6-18-36)45-25-13-22-40-38-20-8-10-27-48(38)56-52(40)45/h1-32H. The van der Waals surface area contributed by atoms with Crippen molar-refractivity contribution in [1.82, 2.24) is 0 Å². The SMILES string of the molecule is c1ccc(N(c2cc3ccc(N(c4ccccc4)c4cccc5c4sc4ccccc45)c4ccc5cccc2c5c34)c2cccc3c2sc2ccccc23)cc1. The maximum atomic E-state index is 2.49. The Morgan fingerprint density at radius 3 is 1.38 bits per heavy atom. The number of rotatable bonds is 6. The molecular formula is C52H32N2S2. The molecule has 0 unspecified atom stereocenters. The Balaban J connectivity index is 1.14. The molecule has 0 saturated carbocycles. The van der Waals surface area contributed by atoms with E-state index in [1.807, 2.05) is 22.7 Å². The summed E-state index contributed by atoms with van der Waals surface area (Å²) in [6.45, 7) is 0. The van der Waals surface area contributed by atoms with Crippen LogP contribution in [-0.2, 0) is 0 Å². The molecule has 4 heteroatoms. The first-order chi connectivity index (χ1) is 27.8. The molecule has 0 saturated heterocycles. The molecule has 0 atom stereocenters. The zero-order valence-electron chi connectivity index (χ0n) is 30.2. The summed E-state index contributed by atoms with van der Waals surface area (Å²) >= 11 is 3.75. The number of nitrogens with zero attached hydrogens (tertiary/aromatic N) is 2. The highest BCUT2D eigenvalue weighted by Crippen LogP contribution is 2.52. The summed E-state index contributed by atoms with van der Waals surface area (Å²) in [5.74, 6) is 0. The number of benzene rings is 10. The van der Waals surface area contributed by atoms with Crippen molar-refractivity contribution in [2.75, 3.05) is 9.80 Å². The van der Waals surface area contributed by atoms with Gasteiger partial charge in [0, 0.05) is 53.1 Å². The Labute approximate surface area is 331 Å². The summed E-state index contributed by atoms with van der Waals surface area (Å²) < 4.78 is 5.19. The monoisotopic (exact) mass is 748 g/mol. The molecule has 2 heterocycles. The van der Waals surface area contributed by atoms with Gasteiger partial charge in [0.05, 0.1) is 32.1 Å². The zero-order chi connectivity index (χ0) is 36.7. The van der Waals surface area contributed by atoms with Crippen LogP contribution < -0.4 is 9.80 Å². The Kier molecular flexibility index (Phi) is 7.00. The predicted octanol–water partition coefficient (Wildman–Crippen LogP) is 16.3. The summed E-state index contributed by atoms with van der Waals surface area (Å²) in [6, 6.07) is 71.4. The molecule has 56 heavy (non-hydrogen) atoms. The van der Waals surface area contributed by atoms with Crippen molar-refractivity contribution >= 4 is 129 Å². The fourth-order valence-corrected chi connectivity index (χ4v) is 11.4. The van der Waals surface area contributed by atoms with Crippen LogP contribution in [0.15, 0.2) is 194 Å². The third-order valence-corrected chi connectivity index (χ3v) is 13.8. The van der Waals surface area contributed by atoms with Gasteiger partial charge in [-0.3, -0.25) is 0 Å². The lowest BCUT2D eigenvalue weighted by Gasteiger charge is -2.30. The molecule has 10 aromatic carbocycles. The van der Waals surface area contributed by atoms with Gasteiger partial charge in [0.25, 0.3) is 0 Å². The van der Waals surface area contributed by atoms with Gasteiger partial charge >= 0.3 is 0 Å². The smallest absolute Gasteiger partial charge is 0.0640 e. The molecule has 0 spiro atoms. The molecule has 12 aromatic rings. The van der Waals surface area contributed by atoms with Crippen LogP contribution in [0.5, 0.6) is 0 Å². The average Bonchev–Trinajstić information content (AvgIpc) is 3.84. The second kappa shape index (κ2) is 12.4. The first kappa shape index (κ1) is 31.6. The molecule has 2 nitrogen and oxygen atoms in total. The fourth-order valence-electron chi connectivity index (χ4n) is 8.96. The van der Waals surface area contributed by atoms with E-state index in [0.29, 0.717) is 0 Å². The summed E-state index contributed by atoms with van der Waals surface area (Å²) in [7, 11) is 0. The van der Waals surface area contributed by atoms with Gasteiger partial charge in [-0.25, -0.2) is 0 Å². The van der Waals surface area contributed by atoms with Crippen molar-refractivity contribution < 1.29 is 0 Å². The summed E-state index contributed by atoms with van der Waals surface area (Å²) in [5.41, 5.74) is 7.01. The van der Waals surface area contributed by atoms with E-state index < -0.39 is 0 Å². The summed E-state index contributed by atoms with van der Waals surface area (Å²) in [5, 5.41) is 12.7. The molecule has 0 aliphatic heterocycles. The molecule has 0 radical (unpaired) electrons. The van der Waals surface area contributed by atoms with Crippen LogP contribution in [0.25, 0.3) is 72.7 Å². The van der Waals surface area contributed by atoms with Crippen molar-refractivity contribution in [3.8, 4) is 0 Å². The minimum Gasteiger partial charge on any atom is -0.308 e. The van der Waals surface area contributed by atoms with E-state index in [9.17, 15) is 0 Å². The molecule has 262 valence electrons. The van der Waals surface area contributed by atoms with Gasteiger partial charge in [-0.05, 0) is 82.2 Å². The van der Waals surface area contributed by atoms with E-state index in [0.717, 1.165) is 11.4 Å². The van der Waals surface area contributed by atoms with Crippen molar-refractivity contribution in [2.45, 2.75) is 0 Å². The number of para-hydroxylation sites is 2. The zero-order valence-corrected chi connectivity index (χ0v) is 31.8. The van der Waals surface area contributed by atoms with Crippen LogP contribution >= 0.6 is 22.7 Å². The maximum Gasteiger partial charge on any atom is 0.0640 e. The molecule has 2 aromatic heterocycles. The van der Waals surface area contributed by atoms with Gasteiger partial charge in [-0.15, -0.1) is 22.7 Å². The summed E-state index contributed by atoms with van der Waals surface area (Å²) in [4.78, 5) is 4.96. The third-order valence-electron chi connectivity index (χ3n) is 11.4. The van der Waals surface area contributed by atoms with E-state index in [1.54, 1.807) is 0 Å². The first-order valence-corrected chi connectivity index (χ1v) is 20.6. The quantitative estimate of drug-likeness (QED) is 0.156. The number of hydrogen-bond donors (Lipinski definition) is 0. The highest BCUT2D eigenvalue weighted by atomic mass is 32.1. The lowest BCUT2D eigenvalue weighted by molar-refractivity contribution is 1.31. The van der Waals surface area contributed by atoms with Gasteiger partial charge in [0.2, 0.25) is 0 Å². The second-order valence-corrected chi connectivity index (χ2v) is 16.5. The molecule has 0 aliphatic carbocycles. The predicted molar refractivity (Wildman–Crippen MR) is 245 cm³/mol. The van der Waals surface area contributed by atoms with E-state index in [1.165, 1.54) is 95.4 Å². The Morgan fingerprint density at radius 1 is 0.286 bits per heavy atom. The van der Waals surface area contributed by atoms with Crippen LogP contribution in [0.1, 0.15) is 0 Å². The van der Waals surface area contributed by atoms with Gasteiger partial charge in [0.1, 0.15) is 0 Å². The van der Waals surface area contributed by atoms with Gasteiger partial charge in [-0.2, -0.15) is 0 Å². The van der Waals surface area contributed by atoms with E-state index in [4.69, 9.17) is 0 Å². The highest BCUT2D eigenvalue weighted by Gasteiger charge is 2.25. The molecule has 0 aliphatic rings. The van der Waals surface area contributed by atoms with Crippen LogP contribution in [0, 0.1) is 0 Å². The normalized spacial score (nSPS) is 11.9. The van der Waals surface area contributed by atoms with Crippen LogP contribution in [0.3, 0.4) is 0 Å². The molecule has 0 amide bonds. The van der Waals surface area contributed by atoms with Crippen molar-refractivity contribution in [2.24, 2.45) is 0 Å². The number of hydrogen-bond acceptors (Lipinski definition) is 4. The lowest BCUT2D eigenvalue weighted by Crippen LogP contribution is -2.12. The summed E-state index contributed by atoms with van der Waals surface area (Å²) in [6.07, 6.45) is 0. The molecule has 0 fully saturated rings. The fraction of sp³-hybridized carbons (Fsp3) is 0. The van der Waals surface area contributed by atoms with Gasteiger partial charge < -0.3 is 9.80 Å². The number of anilines is 6. The highest BCUT2D eigenvalue weighted by molar-refractivity contribution is 7.26. The molecule has 0 N–H and O–H groups in total. The minimum atomic E-state index is 1.14. The van der Waals surface area contributed by atoms with E-state index >= 15 is 0 Å². The first-order valence-electron chi connectivity index (χ1n) is 19.0. The van der Waals surface area contributed by atoms with Gasteiger partial charge in [-0.1, -0.05) is 133 Å². The third kappa shape index (κ3) is 4.67. The largest absolute Gasteiger partial charge is 0.308 e. The number of fused-ring (bicyclic) bond motifs is 6. The molecule has 12 rings (SSSR count). The Hall–Kier alpha value is -6.72. The lowest BCUT2D eigenvalue weighted by atomic mass is 9.91. The Morgan fingerprint density at radius 2 is 0.750 bits per heavy atom.